The number of amides is 1. The van der Waals surface area contributed by atoms with Crippen molar-refractivity contribution in [3.8, 4) is 11.1 Å². The monoisotopic (exact) mass is 337 g/mol. The van der Waals surface area contributed by atoms with Crippen LogP contribution in [-0.4, -0.2) is 25.0 Å². The molecule has 0 radical (unpaired) electrons. The Kier molecular flexibility index (Phi) is 5.17. The highest BCUT2D eigenvalue weighted by Gasteiger charge is 2.29. The molecule has 2 unspecified atom stereocenters. The van der Waals surface area contributed by atoms with Crippen LogP contribution >= 0.6 is 0 Å². The van der Waals surface area contributed by atoms with Crippen LogP contribution in [0.2, 0.25) is 0 Å². The second-order valence-electron chi connectivity index (χ2n) is 6.52. The van der Waals surface area contributed by atoms with Crippen LogP contribution in [0.4, 0.5) is 4.79 Å². The third-order valence-corrected chi connectivity index (χ3v) is 5.03. The van der Waals surface area contributed by atoms with Crippen LogP contribution in [0.1, 0.15) is 37.3 Å². The van der Waals surface area contributed by atoms with Gasteiger partial charge in [0, 0.05) is 5.92 Å². The first-order valence-corrected chi connectivity index (χ1v) is 8.72. The molecule has 4 nitrogen and oxygen atoms in total. The van der Waals surface area contributed by atoms with E-state index in [4.69, 9.17) is 4.74 Å². The van der Waals surface area contributed by atoms with Crippen molar-refractivity contribution in [1.29, 1.82) is 0 Å². The van der Waals surface area contributed by atoms with Gasteiger partial charge < -0.3 is 14.8 Å². The van der Waals surface area contributed by atoms with Crippen molar-refractivity contribution in [2.45, 2.75) is 32.2 Å². The average molecular weight is 337 g/mol. The number of rotatable bonds is 6. The minimum atomic E-state index is -0.542. The number of alkyl carbamates (subject to hydrolysis) is 1. The first-order valence-electron chi connectivity index (χ1n) is 8.72. The van der Waals surface area contributed by atoms with Gasteiger partial charge in [-0.1, -0.05) is 68.8 Å². The zero-order valence-electron chi connectivity index (χ0n) is 14.6. The van der Waals surface area contributed by atoms with Crippen LogP contribution in [0.25, 0.3) is 11.1 Å². The Morgan fingerprint density at radius 2 is 1.68 bits per heavy atom. The van der Waals surface area contributed by atoms with Gasteiger partial charge in [0.05, 0.1) is 6.04 Å². The molecule has 2 aromatic rings. The average Bonchev–Trinajstić information content (AvgIpc) is 2.98. The van der Waals surface area contributed by atoms with Crippen molar-refractivity contribution >= 4 is 12.4 Å². The van der Waals surface area contributed by atoms with E-state index in [2.05, 4.69) is 29.6 Å². The van der Waals surface area contributed by atoms with Gasteiger partial charge in [-0.15, -0.1) is 0 Å². The Labute approximate surface area is 148 Å². The minimum absolute atomic E-state index is 0.0245. The molecule has 0 bridgehead atoms. The van der Waals surface area contributed by atoms with E-state index in [1.807, 2.05) is 38.1 Å². The van der Waals surface area contributed by atoms with Crippen molar-refractivity contribution in [2.75, 3.05) is 6.61 Å². The summed E-state index contributed by atoms with van der Waals surface area (Å²) in [5.41, 5.74) is 4.73. The molecule has 0 aliphatic heterocycles. The predicted molar refractivity (Wildman–Crippen MR) is 97.5 cm³/mol. The molecule has 0 saturated heterocycles. The smallest absolute Gasteiger partial charge is 0.407 e. The molecule has 0 spiro atoms. The third kappa shape index (κ3) is 3.43. The first kappa shape index (κ1) is 17.2. The van der Waals surface area contributed by atoms with E-state index in [9.17, 15) is 9.59 Å². The molecule has 0 heterocycles. The van der Waals surface area contributed by atoms with Crippen molar-refractivity contribution in [1.82, 2.24) is 5.32 Å². The van der Waals surface area contributed by atoms with Crippen molar-refractivity contribution in [3.05, 3.63) is 59.7 Å². The fourth-order valence-electron chi connectivity index (χ4n) is 3.34. The maximum atomic E-state index is 12.1. The van der Waals surface area contributed by atoms with Gasteiger partial charge in [0.1, 0.15) is 12.9 Å². The van der Waals surface area contributed by atoms with Gasteiger partial charge in [-0.2, -0.15) is 0 Å². The summed E-state index contributed by atoms with van der Waals surface area (Å²) >= 11 is 0. The lowest BCUT2D eigenvalue weighted by Gasteiger charge is -2.19. The fourth-order valence-corrected chi connectivity index (χ4v) is 3.34. The number of aldehydes is 1. The van der Waals surface area contributed by atoms with Crippen LogP contribution in [0.15, 0.2) is 48.5 Å². The molecular formula is C21H23NO3. The molecular weight excluding hydrogens is 314 g/mol. The Morgan fingerprint density at radius 1 is 1.12 bits per heavy atom. The van der Waals surface area contributed by atoms with E-state index in [-0.39, 0.29) is 18.4 Å². The Bertz CT molecular complexity index is 726. The minimum Gasteiger partial charge on any atom is -0.449 e. The van der Waals surface area contributed by atoms with Crippen LogP contribution in [0.3, 0.4) is 0 Å². The van der Waals surface area contributed by atoms with E-state index in [1.165, 1.54) is 22.3 Å². The summed E-state index contributed by atoms with van der Waals surface area (Å²) < 4.78 is 5.46. The molecule has 1 amide bonds. The molecule has 4 heteroatoms. The van der Waals surface area contributed by atoms with Gasteiger partial charge >= 0.3 is 6.09 Å². The Morgan fingerprint density at radius 3 is 2.20 bits per heavy atom. The van der Waals surface area contributed by atoms with Gasteiger partial charge in [0.2, 0.25) is 0 Å². The first-order chi connectivity index (χ1) is 12.2. The van der Waals surface area contributed by atoms with Gasteiger partial charge in [0.15, 0.2) is 0 Å². The van der Waals surface area contributed by atoms with Crippen molar-refractivity contribution < 1.29 is 14.3 Å². The largest absolute Gasteiger partial charge is 0.449 e. The normalized spacial score (nSPS) is 15.0. The molecule has 1 aliphatic rings. The predicted octanol–water partition coefficient (Wildman–Crippen LogP) is 4.14. The Hall–Kier alpha value is -2.62. The zero-order valence-corrected chi connectivity index (χ0v) is 14.6. The number of ether oxygens (including phenoxy) is 1. The summed E-state index contributed by atoms with van der Waals surface area (Å²) in [5, 5.41) is 2.66. The molecule has 1 N–H and O–H groups in total. The van der Waals surface area contributed by atoms with Gasteiger partial charge in [-0.05, 0) is 28.2 Å². The topological polar surface area (TPSA) is 55.4 Å². The molecule has 0 aromatic heterocycles. The van der Waals surface area contributed by atoms with E-state index in [0.717, 1.165) is 12.7 Å². The number of fused-ring (bicyclic) bond motifs is 3. The number of hydrogen-bond acceptors (Lipinski definition) is 3. The van der Waals surface area contributed by atoms with Crippen LogP contribution in [0, 0.1) is 5.92 Å². The maximum absolute atomic E-state index is 12.1. The summed E-state index contributed by atoms with van der Waals surface area (Å²) in [5.74, 6) is 0.106. The molecule has 2 atom stereocenters. The Balaban J connectivity index is 1.71. The molecule has 25 heavy (non-hydrogen) atoms. The number of carbonyl (C=O) groups excluding carboxylic acids is 2. The second-order valence-corrected chi connectivity index (χ2v) is 6.52. The van der Waals surface area contributed by atoms with Gasteiger partial charge in [-0.25, -0.2) is 4.79 Å². The van der Waals surface area contributed by atoms with Crippen LogP contribution in [-0.2, 0) is 9.53 Å². The highest BCUT2D eigenvalue weighted by Crippen LogP contribution is 2.44. The quantitative estimate of drug-likeness (QED) is 0.806. The summed E-state index contributed by atoms with van der Waals surface area (Å²) in [6.45, 7) is 4.18. The third-order valence-electron chi connectivity index (χ3n) is 5.03. The second kappa shape index (κ2) is 7.51. The SMILES string of the molecule is CCC(C)C(C=O)NC(=O)OCC1c2ccccc2-c2ccccc21. The summed E-state index contributed by atoms with van der Waals surface area (Å²) in [7, 11) is 0. The number of nitrogens with one attached hydrogen (secondary N) is 1. The van der Waals surface area contributed by atoms with E-state index >= 15 is 0 Å². The van der Waals surface area contributed by atoms with E-state index in [1.54, 1.807) is 0 Å². The number of hydrogen-bond donors (Lipinski definition) is 1. The van der Waals surface area contributed by atoms with E-state index in [0.29, 0.717) is 0 Å². The molecule has 0 fully saturated rings. The van der Waals surface area contributed by atoms with Crippen LogP contribution < -0.4 is 5.32 Å². The van der Waals surface area contributed by atoms with Crippen LogP contribution in [0.5, 0.6) is 0 Å². The molecule has 130 valence electrons. The van der Waals surface area contributed by atoms with Gasteiger partial charge in [-0.3, -0.25) is 0 Å². The number of benzene rings is 2. The highest BCUT2D eigenvalue weighted by atomic mass is 16.5. The lowest BCUT2D eigenvalue weighted by atomic mass is 9.98. The molecule has 2 aromatic carbocycles. The zero-order chi connectivity index (χ0) is 17.8. The standard InChI is InChI=1S/C21H23NO3/c1-3-14(2)20(12-23)22-21(24)25-13-19-17-10-6-4-8-15(17)16-9-5-7-11-18(16)19/h4-12,14,19-20H,3,13H2,1-2H3,(H,22,24). The lowest BCUT2D eigenvalue weighted by molar-refractivity contribution is -0.110. The molecule has 3 rings (SSSR count). The van der Waals surface area contributed by atoms with E-state index < -0.39 is 12.1 Å². The summed E-state index contributed by atoms with van der Waals surface area (Å²) in [6.07, 6.45) is 1.04. The molecule has 1 aliphatic carbocycles. The lowest BCUT2D eigenvalue weighted by Crippen LogP contribution is -2.41. The molecule has 0 saturated carbocycles. The van der Waals surface area contributed by atoms with Crippen molar-refractivity contribution in [3.63, 3.8) is 0 Å². The summed E-state index contributed by atoms with van der Waals surface area (Å²) in [4.78, 5) is 23.3. The van der Waals surface area contributed by atoms with Gasteiger partial charge in [0.25, 0.3) is 0 Å². The van der Waals surface area contributed by atoms with Crippen molar-refractivity contribution in [2.24, 2.45) is 5.92 Å². The maximum Gasteiger partial charge on any atom is 0.407 e. The highest BCUT2D eigenvalue weighted by molar-refractivity contribution is 5.79. The fraction of sp³-hybridized carbons (Fsp3) is 0.333. The number of carbonyl (C=O) groups is 2. The summed E-state index contributed by atoms with van der Waals surface area (Å²) in [6, 6.07) is 15.9.